The number of aliphatic hydroxyl groups is 1. The van der Waals surface area contributed by atoms with Crippen molar-refractivity contribution in [1.82, 2.24) is 15.0 Å². The van der Waals surface area contributed by atoms with Gasteiger partial charge in [-0.05, 0) is 37.1 Å². The second-order valence-electron chi connectivity index (χ2n) is 6.53. The molecule has 1 aliphatic carbocycles. The van der Waals surface area contributed by atoms with E-state index >= 15 is 0 Å². The summed E-state index contributed by atoms with van der Waals surface area (Å²) in [5.74, 6) is 0.586. The molecule has 2 aliphatic rings. The van der Waals surface area contributed by atoms with Gasteiger partial charge in [-0.2, -0.15) is 0 Å². The van der Waals surface area contributed by atoms with Crippen molar-refractivity contribution in [3.8, 4) is 0 Å². The van der Waals surface area contributed by atoms with Crippen molar-refractivity contribution in [1.29, 1.82) is 0 Å². The molecule has 4 rings (SSSR count). The summed E-state index contributed by atoms with van der Waals surface area (Å²) in [5, 5.41) is 10.6. The van der Waals surface area contributed by atoms with Gasteiger partial charge in [-0.15, -0.1) is 0 Å². The summed E-state index contributed by atoms with van der Waals surface area (Å²) in [5.41, 5.74) is 1.86. The van der Waals surface area contributed by atoms with Gasteiger partial charge in [0.15, 0.2) is 5.15 Å². The summed E-state index contributed by atoms with van der Waals surface area (Å²) in [6, 6.07) is 3.63. The number of fused-ring (bicyclic) bond motifs is 1. The minimum atomic E-state index is -1.08. The van der Waals surface area contributed by atoms with Gasteiger partial charge in [0.1, 0.15) is 29.6 Å². The van der Waals surface area contributed by atoms with E-state index in [9.17, 15) is 9.50 Å². The number of anilines is 1. The van der Waals surface area contributed by atoms with E-state index < -0.39 is 6.17 Å². The topological polar surface area (TPSA) is 62.1 Å². The van der Waals surface area contributed by atoms with Crippen LogP contribution in [0.25, 0.3) is 11.0 Å². The number of allylic oxidation sites excluding steroid dienone is 2. The van der Waals surface area contributed by atoms with Crippen molar-refractivity contribution in [2.75, 3.05) is 11.4 Å². The van der Waals surface area contributed by atoms with Gasteiger partial charge in [0, 0.05) is 18.0 Å². The second kappa shape index (κ2) is 6.26. The van der Waals surface area contributed by atoms with Gasteiger partial charge in [0.2, 0.25) is 0 Å². The SMILES string of the molecule is C[C@@H]1C=C(O)C([C@H]2CCCN2c2ccc3ncnc(Cl)c3n2)=CC1F. The zero-order valence-electron chi connectivity index (χ0n) is 13.7. The summed E-state index contributed by atoms with van der Waals surface area (Å²) >= 11 is 6.14. The third-order valence-corrected chi connectivity index (χ3v) is 5.16. The van der Waals surface area contributed by atoms with Crippen molar-refractivity contribution in [3.05, 3.63) is 47.1 Å². The molecule has 1 saturated heterocycles. The Labute approximate surface area is 149 Å². The van der Waals surface area contributed by atoms with Crippen molar-refractivity contribution >= 4 is 28.5 Å². The molecular weight excluding hydrogens is 343 g/mol. The third kappa shape index (κ3) is 2.84. The molecule has 3 heterocycles. The lowest BCUT2D eigenvalue weighted by Crippen LogP contribution is -2.34. The van der Waals surface area contributed by atoms with Crippen LogP contribution in [-0.4, -0.2) is 38.8 Å². The van der Waals surface area contributed by atoms with Crippen LogP contribution in [0.5, 0.6) is 0 Å². The standard InChI is InChI=1S/C18H18ClFN4O/c1-10-7-15(25)11(8-12(10)20)14-3-2-6-24(14)16-5-4-13-17(23-16)18(19)22-9-21-13/h4-5,7-10,12,14,25H,2-3,6H2,1H3/t10-,12?,14-/m1/s1. The Hall–Kier alpha value is -2.21. The summed E-state index contributed by atoms with van der Waals surface area (Å²) in [4.78, 5) is 14.8. The normalized spacial score (nSPS) is 26.7. The molecule has 0 radical (unpaired) electrons. The van der Waals surface area contributed by atoms with E-state index in [2.05, 4.69) is 19.9 Å². The molecule has 3 atom stereocenters. The van der Waals surface area contributed by atoms with Gasteiger partial charge in [-0.25, -0.2) is 19.3 Å². The van der Waals surface area contributed by atoms with Crippen LogP contribution >= 0.6 is 11.6 Å². The van der Waals surface area contributed by atoms with E-state index in [1.807, 2.05) is 12.1 Å². The largest absolute Gasteiger partial charge is 0.508 e. The minimum absolute atomic E-state index is 0.102. The number of pyridine rings is 1. The fourth-order valence-corrected chi connectivity index (χ4v) is 3.73. The Balaban J connectivity index is 1.72. The van der Waals surface area contributed by atoms with Crippen LogP contribution in [-0.2, 0) is 0 Å². The molecular formula is C18H18ClFN4O. The molecule has 1 N–H and O–H groups in total. The van der Waals surface area contributed by atoms with Crippen LogP contribution in [0.3, 0.4) is 0 Å². The van der Waals surface area contributed by atoms with Crippen LogP contribution in [0.2, 0.25) is 5.15 Å². The van der Waals surface area contributed by atoms with Gasteiger partial charge < -0.3 is 10.0 Å². The molecule has 0 amide bonds. The highest BCUT2D eigenvalue weighted by molar-refractivity contribution is 6.33. The fraction of sp³-hybridized carbons (Fsp3) is 0.389. The van der Waals surface area contributed by atoms with Crippen LogP contribution in [0.4, 0.5) is 10.2 Å². The Morgan fingerprint density at radius 2 is 2.12 bits per heavy atom. The number of halogens is 2. The monoisotopic (exact) mass is 360 g/mol. The molecule has 1 fully saturated rings. The number of alkyl halides is 1. The van der Waals surface area contributed by atoms with Crippen LogP contribution in [0.15, 0.2) is 41.9 Å². The van der Waals surface area contributed by atoms with Gasteiger partial charge in [-0.1, -0.05) is 18.5 Å². The Bertz CT molecular complexity index is 885. The summed E-state index contributed by atoms with van der Waals surface area (Å²) < 4.78 is 14.1. The Morgan fingerprint density at radius 3 is 2.96 bits per heavy atom. The summed E-state index contributed by atoms with van der Waals surface area (Å²) in [6.07, 6.45) is 5.24. The lowest BCUT2D eigenvalue weighted by molar-refractivity contribution is 0.309. The number of rotatable bonds is 2. The van der Waals surface area contributed by atoms with Crippen molar-refractivity contribution < 1.29 is 9.50 Å². The molecule has 0 spiro atoms. The average molecular weight is 361 g/mol. The highest BCUT2D eigenvalue weighted by Gasteiger charge is 2.33. The molecule has 0 aromatic carbocycles. The van der Waals surface area contributed by atoms with E-state index in [0.29, 0.717) is 21.8 Å². The first kappa shape index (κ1) is 16.3. The smallest absolute Gasteiger partial charge is 0.158 e. The molecule has 2 aromatic heterocycles. The molecule has 7 heteroatoms. The van der Waals surface area contributed by atoms with Crippen molar-refractivity contribution in [2.45, 2.75) is 32.0 Å². The number of aromatic nitrogens is 3. The number of hydrogen-bond donors (Lipinski definition) is 1. The van der Waals surface area contributed by atoms with E-state index in [0.717, 1.165) is 25.2 Å². The number of aliphatic hydroxyl groups excluding tert-OH is 1. The van der Waals surface area contributed by atoms with Crippen molar-refractivity contribution in [3.63, 3.8) is 0 Å². The zero-order chi connectivity index (χ0) is 17.6. The Kier molecular flexibility index (Phi) is 4.07. The number of hydrogen-bond acceptors (Lipinski definition) is 5. The van der Waals surface area contributed by atoms with E-state index in [4.69, 9.17) is 11.6 Å². The summed E-state index contributed by atoms with van der Waals surface area (Å²) in [6.45, 7) is 2.54. The summed E-state index contributed by atoms with van der Waals surface area (Å²) in [7, 11) is 0. The van der Waals surface area contributed by atoms with Gasteiger partial charge >= 0.3 is 0 Å². The molecule has 2 aromatic rings. The third-order valence-electron chi connectivity index (χ3n) is 4.89. The van der Waals surface area contributed by atoms with Crippen LogP contribution < -0.4 is 4.90 Å². The Morgan fingerprint density at radius 1 is 1.28 bits per heavy atom. The lowest BCUT2D eigenvalue weighted by atomic mass is 9.90. The highest BCUT2D eigenvalue weighted by atomic mass is 35.5. The molecule has 5 nitrogen and oxygen atoms in total. The number of nitrogens with zero attached hydrogens (tertiary/aromatic N) is 4. The highest BCUT2D eigenvalue weighted by Crippen LogP contribution is 2.35. The van der Waals surface area contributed by atoms with E-state index in [1.165, 1.54) is 6.33 Å². The van der Waals surface area contributed by atoms with E-state index in [1.54, 1.807) is 19.1 Å². The first-order valence-electron chi connectivity index (χ1n) is 8.35. The quantitative estimate of drug-likeness (QED) is 0.820. The molecule has 1 aliphatic heterocycles. The molecule has 130 valence electrons. The van der Waals surface area contributed by atoms with Crippen molar-refractivity contribution in [2.24, 2.45) is 5.92 Å². The first-order chi connectivity index (χ1) is 12.0. The lowest BCUT2D eigenvalue weighted by Gasteiger charge is -2.30. The second-order valence-corrected chi connectivity index (χ2v) is 6.89. The minimum Gasteiger partial charge on any atom is -0.508 e. The molecule has 25 heavy (non-hydrogen) atoms. The van der Waals surface area contributed by atoms with Crippen LogP contribution in [0, 0.1) is 5.92 Å². The molecule has 0 saturated carbocycles. The van der Waals surface area contributed by atoms with E-state index in [-0.39, 0.29) is 17.7 Å². The zero-order valence-corrected chi connectivity index (χ0v) is 14.5. The fourth-order valence-electron chi connectivity index (χ4n) is 3.55. The maximum absolute atomic E-state index is 14.1. The van der Waals surface area contributed by atoms with Gasteiger partial charge in [-0.3, -0.25) is 0 Å². The predicted octanol–water partition coefficient (Wildman–Crippen LogP) is 4.00. The average Bonchev–Trinajstić information content (AvgIpc) is 3.08. The molecule has 1 unspecified atom stereocenters. The van der Waals surface area contributed by atoms with Gasteiger partial charge in [0.25, 0.3) is 0 Å². The predicted molar refractivity (Wildman–Crippen MR) is 95.6 cm³/mol. The molecule has 0 bridgehead atoms. The van der Waals surface area contributed by atoms with Crippen LogP contribution in [0.1, 0.15) is 19.8 Å². The first-order valence-corrected chi connectivity index (χ1v) is 8.73. The maximum atomic E-state index is 14.1. The maximum Gasteiger partial charge on any atom is 0.158 e. The van der Waals surface area contributed by atoms with Gasteiger partial charge in [0.05, 0.1) is 11.6 Å².